The van der Waals surface area contributed by atoms with Gasteiger partial charge >= 0.3 is 0 Å². The number of hydrogen-bond donors (Lipinski definition) is 1. The van der Waals surface area contributed by atoms with Crippen molar-refractivity contribution < 1.29 is 0 Å². The van der Waals surface area contributed by atoms with Crippen molar-refractivity contribution >= 4 is 17.6 Å². The van der Waals surface area contributed by atoms with Gasteiger partial charge in [-0.25, -0.2) is 4.98 Å². The first kappa shape index (κ1) is 13.5. The summed E-state index contributed by atoms with van der Waals surface area (Å²) in [7, 11) is 0. The maximum Gasteiger partial charge on any atom is 0.293 e. The molecule has 1 saturated heterocycles. The van der Waals surface area contributed by atoms with Gasteiger partial charge in [-0.15, -0.1) is 0 Å². The predicted molar refractivity (Wildman–Crippen MR) is 77.5 cm³/mol. The van der Waals surface area contributed by atoms with Crippen LogP contribution in [0.4, 0.5) is 5.82 Å². The second-order valence-electron chi connectivity index (χ2n) is 5.34. The number of aromatic nitrogens is 2. The largest absolute Gasteiger partial charge is 0.364 e. The quantitative estimate of drug-likeness (QED) is 0.910. The minimum atomic E-state index is -0.0286. The lowest BCUT2D eigenvalue weighted by molar-refractivity contribution is 0.573. The van der Waals surface area contributed by atoms with E-state index in [1.165, 1.54) is 18.6 Å². The second kappa shape index (κ2) is 5.34. The summed E-state index contributed by atoms with van der Waals surface area (Å²) in [5.41, 5.74) is -0.0286. The summed E-state index contributed by atoms with van der Waals surface area (Å²) in [6, 6.07) is 0.164. The summed E-state index contributed by atoms with van der Waals surface area (Å²) in [6.45, 7) is 7.06. The maximum atomic E-state index is 12.2. The molecule has 1 N–H and O–H groups in total. The molecule has 5 heteroatoms. The third kappa shape index (κ3) is 2.88. The topological polar surface area (TPSA) is 46.9 Å². The summed E-state index contributed by atoms with van der Waals surface area (Å²) in [6.07, 6.45) is 5.90. The Morgan fingerprint density at radius 2 is 2.39 bits per heavy atom. The van der Waals surface area contributed by atoms with Crippen molar-refractivity contribution in [3.63, 3.8) is 0 Å². The maximum absolute atomic E-state index is 12.2. The summed E-state index contributed by atoms with van der Waals surface area (Å²) in [5, 5.41) is 3.23. The van der Waals surface area contributed by atoms with Gasteiger partial charge in [0.15, 0.2) is 5.82 Å². The van der Waals surface area contributed by atoms with E-state index in [-0.39, 0.29) is 16.3 Å². The van der Waals surface area contributed by atoms with E-state index in [2.05, 4.69) is 17.2 Å². The highest BCUT2D eigenvalue weighted by Gasteiger charge is 2.29. The van der Waals surface area contributed by atoms with E-state index >= 15 is 0 Å². The molecule has 1 aliphatic heterocycles. The third-order valence-electron chi connectivity index (χ3n) is 3.35. The smallest absolute Gasteiger partial charge is 0.293 e. The molecule has 2 heterocycles. The van der Waals surface area contributed by atoms with Crippen LogP contribution < -0.4 is 10.9 Å². The molecule has 0 amide bonds. The first-order valence-corrected chi connectivity index (χ1v) is 7.45. The van der Waals surface area contributed by atoms with Crippen molar-refractivity contribution in [1.29, 1.82) is 0 Å². The molecule has 1 unspecified atom stereocenters. The highest BCUT2D eigenvalue weighted by atomic mass is 32.2. The van der Waals surface area contributed by atoms with Crippen molar-refractivity contribution in [3.05, 3.63) is 22.7 Å². The Bertz CT molecular complexity index is 464. The van der Waals surface area contributed by atoms with Gasteiger partial charge in [0.25, 0.3) is 5.56 Å². The molecule has 0 saturated carbocycles. The lowest BCUT2D eigenvalue weighted by Gasteiger charge is -2.23. The van der Waals surface area contributed by atoms with Crippen molar-refractivity contribution in [2.75, 3.05) is 17.6 Å². The number of thioether (sulfide) groups is 1. The average Bonchev–Trinajstić information content (AvgIpc) is 2.75. The zero-order chi connectivity index (χ0) is 13.2. The summed E-state index contributed by atoms with van der Waals surface area (Å²) in [5.74, 6) is 1.69. The monoisotopic (exact) mass is 267 g/mol. The number of hydrogen-bond acceptors (Lipinski definition) is 4. The van der Waals surface area contributed by atoms with Crippen LogP contribution in [0.2, 0.25) is 0 Å². The first-order chi connectivity index (χ1) is 8.52. The molecule has 4 nitrogen and oxygen atoms in total. The average molecular weight is 267 g/mol. The summed E-state index contributed by atoms with van der Waals surface area (Å²) in [4.78, 5) is 16.3. The molecule has 0 aliphatic carbocycles. The fraction of sp³-hybridized carbons (Fsp3) is 0.692. The van der Waals surface area contributed by atoms with Gasteiger partial charge in [0.1, 0.15) is 0 Å². The Balaban J connectivity index is 2.10. The van der Waals surface area contributed by atoms with Crippen LogP contribution in [0.25, 0.3) is 0 Å². The summed E-state index contributed by atoms with van der Waals surface area (Å²) >= 11 is 1.98. The minimum absolute atomic E-state index is 0.0286. The number of nitrogens with one attached hydrogen (secondary N) is 1. The normalized spacial score (nSPS) is 23.6. The molecular weight excluding hydrogens is 246 g/mol. The molecule has 2 rings (SSSR count). The Morgan fingerprint density at radius 3 is 3.00 bits per heavy atom. The standard InChI is InChI=1S/C13H21N3OS/c1-10(2)16-7-6-14-11(12(16)17)15-9-13(3)5-4-8-18-13/h6-7,10H,4-5,8-9H2,1-3H3,(H,14,15). The van der Waals surface area contributed by atoms with Crippen LogP contribution in [0.3, 0.4) is 0 Å². The van der Waals surface area contributed by atoms with Gasteiger partial charge in [0.2, 0.25) is 0 Å². The van der Waals surface area contributed by atoms with Crippen molar-refractivity contribution in [2.45, 2.75) is 44.4 Å². The molecule has 1 atom stereocenters. The van der Waals surface area contributed by atoms with Crippen LogP contribution in [0.5, 0.6) is 0 Å². The Labute approximate surface area is 112 Å². The molecule has 1 fully saturated rings. The van der Waals surface area contributed by atoms with Crippen LogP contribution in [-0.4, -0.2) is 26.6 Å². The van der Waals surface area contributed by atoms with Crippen molar-refractivity contribution in [1.82, 2.24) is 9.55 Å². The van der Waals surface area contributed by atoms with E-state index < -0.39 is 0 Å². The fourth-order valence-electron chi connectivity index (χ4n) is 2.20. The zero-order valence-electron chi connectivity index (χ0n) is 11.3. The molecule has 18 heavy (non-hydrogen) atoms. The number of nitrogens with zero attached hydrogens (tertiary/aromatic N) is 2. The molecule has 0 bridgehead atoms. The van der Waals surface area contributed by atoms with Gasteiger partial charge in [0, 0.05) is 29.7 Å². The molecular formula is C13H21N3OS. The van der Waals surface area contributed by atoms with Gasteiger partial charge in [-0.05, 0) is 39.4 Å². The molecule has 0 aromatic carbocycles. The number of rotatable bonds is 4. The van der Waals surface area contributed by atoms with Crippen LogP contribution in [0.15, 0.2) is 17.2 Å². The van der Waals surface area contributed by atoms with Gasteiger partial charge < -0.3 is 9.88 Å². The molecule has 100 valence electrons. The summed E-state index contributed by atoms with van der Waals surface area (Å²) < 4.78 is 1.95. The Kier molecular flexibility index (Phi) is 4.00. The van der Waals surface area contributed by atoms with E-state index in [1.807, 2.05) is 25.6 Å². The molecule has 1 aromatic heterocycles. The van der Waals surface area contributed by atoms with Gasteiger partial charge in [-0.2, -0.15) is 11.8 Å². The molecule has 0 radical (unpaired) electrons. The van der Waals surface area contributed by atoms with E-state index in [1.54, 1.807) is 17.0 Å². The van der Waals surface area contributed by atoms with Crippen LogP contribution >= 0.6 is 11.8 Å². The van der Waals surface area contributed by atoms with Crippen molar-refractivity contribution in [3.8, 4) is 0 Å². The zero-order valence-corrected chi connectivity index (χ0v) is 12.1. The Hall–Kier alpha value is -0.970. The molecule has 1 aliphatic rings. The highest BCUT2D eigenvalue weighted by molar-refractivity contribution is 8.00. The fourth-order valence-corrected chi connectivity index (χ4v) is 3.44. The van der Waals surface area contributed by atoms with E-state index in [9.17, 15) is 4.79 Å². The SMILES string of the molecule is CC(C)n1ccnc(NCC2(C)CCCS2)c1=O. The van der Waals surface area contributed by atoms with Gasteiger partial charge in [-0.1, -0.05) is 0 Å². The predicted octanol–water partition coefficient (Wildman–Crippen LogP) is 2.52. The lowest BCUT2D eigenvalue weighted by atomic mass is 10.1. The van der Waals surface area contributed by atoms with Crippen LogP contribution in [0, 0.1) is 0 Å². The van der Waals surface area contributed by atoms with E-state index in [0.29, 0.717) is 5.82 Å². The number of anilines is 1. The van der Waals surface area contributed by atoms with Gasteiger partial charge in [0.05, 0.1) is 0 Å². The lowest BCUT2D eigenvalue weighted by Crippen LogP contribution is -2.32. The molecule has 0 spiro atoms. The third-order valence-corrected chi connectivity index (χ3v) is 4.89. The van der Waals surface area contributed by atoms with Crippen molar-refractivity contribution in [2.24, 2.45) is 0 Å². The van der Waals surface area contributed by atoms with Crippen LogP contribution in [-0.2, 0) is 0 Å². The first-order valence-electron chi connectivity index (χ1n) is 6.47. The van der Waals surface area contributed by atoms with E-state index in [0.717, 1.165) is 6.54 Å². The van der Waals surface area contributed by atoms with Crippen LogP contribution in [0.1, 0.15) is 39.7 Å². The minimum Gasteiger partial charge on any atom is -0.364 e. The Morgan fingerprint density at radius 1 is 1.61 bits per heavy atom. The van der Waals surface area contributed by atoms with Gasteiger partial charge in [-0.3, -0.25) is 4.79 Å². The second-order valence-corrected chi connectivity index (χ2v) is 7.02. The molecule has 1 aromatic rings. The van der Waals surface area contributed by atoms with E-state index in [4.69, 9.17) is 0 Å². The highest BCUT2D eigenvalue weighted by Crippen LogP contribution is 2.37.